The van der Waals surface area contributed by atoms with E-state index in [9.17, 15) is 4.79 Å². The second-order valence-electron chi connectivity index (χ2n) is 5.08. The van der Waals surface area contributed by atoms with Gasteiger partial charge in [0, 0.05) is 45.2 Å². The number of carbonyl (C=O) groups excluding carboxylic acids is 1. The molecule has 0 atom stereocenters. The minimum atomic E-state index is 0.101. The highest BCUT2D eigenvalue weighted by Gasteiger charge is 2.02. The molecule has 1 amide bonds. The normalized spacial score (nSPS) is 10.6. The van der Waals surface area contributed by atoms with E-state index in [-0.39, 0.29) is 5.91 Å². The lowest BCUT2D eigenvalue weighted by molar-refractivity contribution is -0.120. The molecule has 0 aliphatic carbocycles. The Kier molecular flexibility index (Phi) is 8.89. The Hall–Kier alpha value is -0.810. The summed E-state index contributed by atoms with van der Waals surface area (Å²) in [6.45, 7) is 0.697. The summed E-state index contributed by atoms with van der Waals surface area (Å²) in [5.74, 6) is 2.70. The van der Waals surface area contributed by atoms with Gasteiger partial charge < -0.3 is 5.32 Å². The summed E-state index contributed by atoms with van der Waals surface area (Å²) in [5, 5.41) is 4.44. The lowest BCUT2D eigenvalue weighted by Crippen LogP contribution is -2.25. The van der Waals surface area contributed by atoms with Crippen LogP contribution in [0.5, 0.6) is 0 Å². The van der Waals surface area contributed by atoms with Gasteiger partial charge in [-0.3, -0.25) is 4.79 Å². The zero-order valence-electron chi connectivity index (χ0n) is 13.1. The molecule has 0 aliphatic heterocycles. The summed E-state index contributed by atoms with van der Waals surface area (Å²) in [5.41, 5.74) is 1.25. The fourth-order valence-corrected chi connectivity index (χ4v) is 3.84. The van der Waals surface area contributed by atoms with Crippen molar-refractivity contribution in [1.29, 1.82) is 0 Å². The molecule has 0 aromatic heterocycles. The first-order valence-corrected chi connectivity index (χ1v) is 10.5. The van der Waals surface area contributed by atoms with Gasteiger partial charge in [0.2, 0.25) is 5.91 Å². The molecule has 0 saturated heterocycles. The topological polar surface area (TPSA) is 29.1 Å². The van der Waals surface area contributed by atoms with E-state index in [4.69, 9.17) is 23.2 Å². The van der Waals surface area contributed by atoms with Gasteiger partial charge in [-0.25, -0.2) is 0 Å². The van der Waals surface area contributed by atoms with Gasteiger partial charge in [-0.05, 0) is 42.0 Å². The molecule has 0 spiro atoms. The predicted molar refractivity (Wildman–Crippen MR) is 107 cm³/mol. The number of hydrogen-bond donors (Lipinski definition) is 1. The highest BCUT2D eigenvalue weighted by Crippen LogP contribution is 2.20. The maximum Gasteiger partial charge on any atom is 0.220 e. The van der Waals surface area contributed by atoms with Crippen molar-refractivity contribution in [2.45, 2.75) is 17.1 Å². The van der Waals surface area contributed by atoms with Crippen LogP contribution in [0.2, 0.25) is 10.0 Å². The van der Waals surface area contributed by atoms with Crippen LogP contribution in [-0.2, 0) is 10.5 Å². The fraction of sp³-hybridized carbons (Fsp3) is 0.278. The lowest BCUT2D eigenvalue weighted by Gasteiger charge is -2.06. The number of halogens is 2. The third-order valence-electron chi connectivity index (χ3n) is 3.16. The van der Waals surface area contributed by atoms with E-state index in [0.29, 0.717) is 13.0 Å². The van der Waals surface area contributed by atoms with Crippen molar-refractivity contribution in [2.24, 2.45) is 0 Å². The Labute approximate surface area is 161 Å². The molecule has 1 N–H and O–H groups in total. The van der Waals surface area contributed by atoms with E-state index in [2.05, 4.69) is 5.32 Å². The van der Waals surface area contributed by atoms with Gasteiger partial charge >= 0.3 is 0 Å². The smallest absolute Gasteiger partial charge is 0.220 e. The van der Waals surface area contributed by atoms with Crippen LogP contribution in [0.3, 0.4) is 0 Å². The van der Waals surface area contributed by atoms with E-state index in [0.717, 1.165) is 32.2 Å². The van der Waals surface area contributed by atoms with Crippen molar-refractivity contribution in [3.8, 4) is 0 Å². The largest absolute Gasteiger partial charge is 0.355 e. The first-order valence-electron chi connectivity index (χ1n) is 7.61. The molecule has 24 heavy (non-hydrogen) atoms. The molecule has 2 rings (SSSR count). The van der Waals surface area contributed by atoms with E-state index in [1.54, 1.807) is 23.5 Å². The zero-order valence-corrected chi connectivity index (χ0v) is 16.3. The molecule has 6 heteroatoms. The van der Waals surface area contributed by atoms with Crippen LogP contribution in [-0.4, -0.2) is 24.0 Å². The molecule has 2 nitrogen and oxygen atoms in total. The van der Waals surface area contributed by atoms with Crippen molar-refractivity contribution in [3.05, 3.63) is 64.1 Å². The molecule has 0 fully saturated rings. The molecular formula is C18H19Cl2NOS2. The first-order chi connectivity index (χ1) is 11.6. The second kappa shape index (κ2) is 10.9. The number of benzene rings is 2. The van der Waals surface area contributed by atoms with E-state index < -0.39 is 0 Å². The first kappa shape index (κ1) is 19.5. The third-order valence-corrected chi connectivity index (χ3v) is 5.71. The van der Waals surface area contributed by atoms with Crippen LogP contribution in [0.15, 0.2) is 53.4 Å². The number of hydrogen-bond acceptors (Lipinski definition) is 3. The van der Waals surface area contributed by atoms with Gasteiger partial charge in [0.15, 0.2) is 0 Å². The van der Waals surface area contributed by atoms with Crippen molar-refractivity contribution >= 4 is 52.6 Å². The number of carbonyl (C=O) groups is 1. The van der Waals surface area contributed by atoms with Crippen LogP contribution in [0.1, 0.15) is 12.0 Å². The fourth-order valence-electron chi connectivity index (χ4n) is 1.91. The second-order valence-corrected chi connectivity index (χ2v) is 8.23. The minimum Gasteiger partial charge on any atom is -0.355 e. The highest BCUT2D eigenvalue weighted by molar-refractivity contribution is 7.99. The summed E-state index contributed by atoms with van der Waals surface area (Å²) < 4.78 is 0. The zero-order chi connectivity index (χ0) is 17.2. The van der Waals surface area contributed by atoms with Crippen LogP contribution in [0, 0.1) is 0 Å². The molecule has 128 valence electrons. The van der Waals surface area contributed by atoms with Gasteiger partial charge in [-0.15, -0.1) is 11.8 Å². The van der Waals surface area contributed by atoms with Crippen LogP contribution < -0.4 is 5.32 Å². The SMILES string of the molecule is O=C(CCSc1ccc(Cl)cc1)NCCSCc1ccc(Cl)cc1. The van der Waals surface area contributed by atoms with Gasteiger partial charge in [-0.1, -0.05) is 35.3 Å². The molecule has 0 bridgehead atoms. The average Bonchev–Trinajstić information content (AvgIpc) is 2.58. The maximum absolute atomic E-state index is 11.8. The standard InChI is InChI=1S/C18H19Cl2NOS2/c19-15-3-1-14(2-4-15)13-23-12-10-21-18(22)9-11-24-17-7-5-16(20)6-8-17/h1-8H,9-13H2,(H,21,22). The van der Waals surface area contributed by atoms with Gasteiger partial charge in [0.1, 0.15) is 0 Å². The lowest BCUT2D eigenvalue weighted by atomic mass is 10.2. The Morgan fingerprint density at radius 1 is 0.917 bits per heavy atom. The Balaban J connectivity index is 1.51. The van der Waals surface area contributed by atoms with Gasteiger partial charge in [-0.2, -0.15) is 11.8 Å². The summed E-state index contributed by atoms with van der Waals surface area (Å²) >= 11 is 15.2. The molecule has 0 radical (unpaired) electrons. The third kappa shape index (κ3) is 7.84. The Morgan fingerprint density at radius 2 is 1.54 bits per heavy atom. The van der Waals surface area contributed by atoms with E-state index in [1.807, 2.05) is 48.5 Å². The van der Waals surface area contributed by atoms with Crippen LogP contribution >= 0.6 is 46.7 Å². The summed E-state index contributed by atoms with van der Waals surface area (Å²) in [6, 6.07) is 15.5. The van der Waals surface area contributed by atoms with Gasteiger partial charge in [0.05, 0.1) is 0 Å². The molecule has 0 heterocycles. The molecule has 2 aromatic rings. The summed E-state index contributed by atoms with van der Waals surface area (Å²) in [6.07, 6.45) is 0.523. The summed E-state index contributed by atoms with van der Waals surface area (Å²) in [4.78, 5) is 12.9. The van der Waals surface area contributed by atoms with E-state index in [1.165, 1.54) is 5.56 Å². The maximum atomic E-state index is 11.8. The Morgan fingerprint density at radius 3 is 2.21 bits per heavy atom. The van der Waals surface area contributed by atoms with Crippen molar-refractivity contribution in [3.63, 3.8) is 0 Å². The van der Waals surface area contributed by atoms with Crippen LogP contribution in [0.25, 0.3) is 0 Å². The molecule has 0 unspecified atom stereocenters. The average molecular weight is 400 g/mol. The van der Waals surface area contributed by atoms with Gasteiger partial charge in [0.25, 0.3) is 0 Å². The monoisotopic (exact) mass is 399 g/mol. The Bertz CT molecular complexity index is 632. The van der Waals surface area contributed by atoms with E-state index >= 15 is 0 Å². The number of amides is 1. The number of nitrogens with one attached hydrogen (secondary N) is 1. The number of thioether (sulfide) groups is 2. The predicted octanol–water partition coefficient (Wildman–Crippen LogP) is 5.53. The molecule has 0 saturated carbocycles. The quantitative estimate of drug-likeness (QED) is 0.444. The molecule has 0 aliphatic rings. The highest BCUT2D eigenvalue weighted by atomic mass is 35.5. The number of rotatable bonds is 9. The van der Waals surface area contributed by atoms with Crippen LogP contribution in [0.4, 0.5) is 0 Å². The van der Waals surface area contributed by atoms with Crippen molar-refractivity contribution in [2.75, 3.05) is 18.1 Å². The molecule has 2 aromatic carbocycles. The minimum absolute atomic E-state index is 0.101. The summed E-state index contributed by atoms with van der Waals surface area (Å²) in [7, 11) is 0. The van der Waals surface area contributed by atoms with Crippen molar-refractivity contribution < 1.29 is 4.79 Å². The molecular weight excluding hydrogens is 381 g/mol. The van der Waals surface area contributed by atoms with Crippen molar-refractivity contribution in [1.82, 2.24) is 5.32 Å².